The lowest BCUT2D eigenvalue weighted by atomic mass is 10.2. The molecular weight excluding hydrogens is 284 g/mol. The number of nitrogens with one attached hydrogen (secondary N) is 1. The van der Waals surface area contributed by atoms with Crippen LogP contribution in [0.3, 0.4) is 0 Å². The predicted molar refractivity (Wildman–Crippen MR) is 75.7 cm³/mol. The molecule has 0 heterocycles. The van der Waals surface area contributed by atoms with Crippen LogP contribution in [0, 0.1) is 10.1 Å². The van der Waals surface area contributed by atoms with E-state index >= 15 is 0 Å². The summed E-state index contributed by atoms with van der Waals surface area (Å²) in [6.45, 7) is 5.60. The molecule has 1 aromatic carbocycles. The van der Waals surface area contributed by atoms with Gasteiger partial charge in [-0.3, -0.25) is 14.9 Å². The summed E-state index contributed by atoms with van der Waals surface area (Å²) in [7, 11) is 0. The van der Waals surface area contributed by atoms with Crippen molar-refractivity contribution in [3.05, 3.63) is 38.9 Å². The van der Waals surface area contributed by atoms with Crippen molar-refractivity contribution < 1.29 is 14.5 Å². The molecule has 0 atom stereocenters. The van der Waals surface area contributed by atoms with Crippen molar-refractivity contribution >= 4 is 23.3 Å². The van der Waals surface area contributed by atoms with Crippen molar-refractivity contribution in [3.8, 4) is 0 Å². The van der Waals surface area contributed by atoms with Gasteiger partial charge >= 0.3 is 5.97 Å². The molecule has 0 bridgehead atoms. The molecule has 7 heteroatoms. The lowest BCUT2D eigenvalue weighted by Crippen LogP contribution is -2.31. The third kappa shape index (κ3) is 5.54. The largest absolute Gasteiger partial charge is 0.459 e. The topological polar surface area (TPSA) is 81.5 Å². The number of esters is 1. The highest BCUT2D eigenvalue weighted by Crippen LogP contribution is 2.21. The van der Waals surface area contributed by atoms with Crippen LogP contribution in [0.1, 0.15) is 26.3 Å². The number of rotatable bonds is 5. The second-order valence-electron chi connectivity index (χ2n) is 5.22. The van der Waals surface area contributed by atoms with Gasteiger partial charge < -0.3 is 10.1 Å². The number of ether oxygens (including phenoxy) is 1. The number of benzene rings is 1. The van der Waals surface area contributed by atoms with E-state index in [1.54, 1.807) is 20.8 Å². The summed E-state index contributed by atoms with van der Waals surface area (Å²) >= 11 is 5.94. The van der Waals surface area contributed by atoms with Gasteiger partial charge in [0.2, 0.25) is 0 Å². The second kappa shape index (κ2) is 6.67. The summed E-state index contributed by atoms with van der Waals surface area (Å²) in [4.78, 5) is 21.7. The predicted octanol–water partition coefficient (Wildman–Crippen LogP) is 2.68. The maximum absolute atomic E-state index is 11.5. The van der Waals surface area contributed by atoms with Crippen LogP contribution in [0.2, 0.25) is 5.02 Å². The molecule has 0 saturated carbocycles. The van der Waals surface area contributed by atoms with E-state index in [0.717, 1.165) is 0 Å². The summed E-state index contributed by atoms with van der Waals surface area (Å²) in [5, 5.41) is 13.9. The highest BCUT2D eigenvalue weighted by atomic mass is 35.5. The van der Waals surface area contributed by atoms with Crippen LogP contribution >= 0.6 is 11.6 Å². The van der Waals surface area contributed by atoms with E-state index < -0.39 is 10.5 Å². The summed E-state index contributed by atoms with van der Waals surface area (Å²) in [5.74, 6) is -0.390. The quantitative estimate of drug-likeness (QED) is 0.513. The third-order valence-electron chi connectivity index (χ3n) is 2.24. The Labute approximate surface area is 122 Å². The Morgan fingerprint density at radius 1 is 1.45 bits per heavy atom. The number of nitro groups is 1. The van der Waals surface area contributed by atoms with Crippen LogP contribution in [-0.2, 0) is 16.1 Å². The molecule has 0 aromatic heterocycles. The van der Waals surface area contributed by atoms with Crippen LogP contribution in [0.4, 0.5) is 5.69 Å². The van der Waals surface area contributed by atoms with Crippen LogP contribution in [0.5, 0.6) is 0 Å². The Morgan fingerprint density at radius 2 is 2.10 bits per heavy atom. The molecule has 1 rings (SSSR count). The maximum atomic E-state index is 11.5. The van der Waals surface area contributed by atoms with Crippen molar-refractivity contribution in [3.63, 3.8) is 0 Å². The Balaban J connectivity index is 2.56. The average molecular weight is 301 g/mol. The molecule has 1 N–H and O–H groups in total. The minimum Gasteiger partial charge on any atom is -0.459 e. The number of non-ortho nitro benzene ring substituents is 1. The van der Waals surface area contributed by atoms with Gasteiger partial charge in [0.1, 0.15) is 5.60 Å². The van der Waals surface area contributed by atoms with Gasteiger partial charge in [0.25, 0.3) is 5.69 Å². The number of hydrogen-bond donors (Lipinski definition) is 1. The lowest BCUT2D eigenvalue weighted by Gasteiger charge is -2.19. The molecule has 0 aliphatic rings. The summed E-state index contributed by atoms with van der Waals surface area (Å²) in [6.07, 6.45) is 0. The SMILES string of the molecule is CC(C)(C)OC(=O)CNCc1cc([N+](=O)[O-])ccc1Cl. The van der Waals surface area contributed by atoms with Crippen LogP contribution < -0.4 is 5.32 Å². The van der Waals surface area contributed by atoms with Crippen molar-refractivity contribution in [2.45, 2.75) is 32.9 Å². The van der Waals surface area contributed by atoms with E-state index in [-0.39, 0.29) is 24.7 Å². The Hall–Kier alpha value is -1.66. The highest BCUT2D eigenvalue weighted by Gasteiger charge is 2.16. The molecule has 0 radical (unpaired) electrons. The normalized spacial score (nSPS) is 11.2. The van der Waals surface area contributed by atoms with Gasteiger partial charge in [0.15, 0.2) is 0 Å². The minimum atomic E-state index is -0.540. The number of carbonyl (C=O) groups is 1. The van der Waals surface area contributed by atoms with Gasteiger partial charge in [0, 0.05) is 23.7 Å². The zero-order chi connectivity index (χ0) is 15.3. The Morgan fingerprint density at radius 3 is 2.65 bits per heavy atom. The summed E-state index contributed by atoms with van der Waals surface area (Å²) in [5.41, 5.74) is -0.0185. The summed E-state index contributed by atoms with van der Waals surface area (Å²) in [6, 6.07) is 4.17. The highest BCUT2D eigenvalue weighted by molar-refractivity contribution is 6.31. The van der Waals surface area contributed by atoms with Gasteiger partial charge in [-0.05, 0) is 32.4 Å². The maximum Gasteiger partial charge on any atom is 0.320 e. The average Bonchev–Trinajstić information content (AvgIpc) is 2.28. The molecule has 1 aromatic rings. The molecule has 0 fully saturated rings. The number of halogens is 1. The van der Waals surface area contributed by atoms with Crippen molar-refractivity contribution in [2.75, 3.05) is 6.54 Å². The number of carbonyl (C=O) groups excluding carboxylic acids is 1. The number of nitrogens with zero attached hydrogens (tertiary/aromatic N) is 1. The molecule has 20 heavy (non-hydrogen) atoms. The molecule has 0 saturated heterocycles. The molecule has 6 nitrogen and oxygen atoms in total. The standard InChI is InChI=1S/C13H17ClN2O4/c1-13(2,3)20-12(17)8-15-7-9-6-10(16(18)19)4-5-11(9)14/h4-6,15H,7-8H2,1-3H3. The fraction of sp³-hybridized carbons (Fsp3) is 0.462. The zero-order valence-corrected chi connectivity index (χ0v) is 12.4. The monoisotopic (exact) mass is 300 g/mol. The van der Waals surface area contributed by atoms with Gasteiger partial charge in [-0.1, -0.05) is 11.6 Å². The van der Waals surface area contributed by atoms with E-state index in [1.807, 2.05) is 0 Å². The molecule has 0 spiro atoms. The van der Waals surface area contributed by atoms with Gasteiger partial charge in [-0.2, -0.15) is 0 Å². The fourth-order valence-corrected chi connectivity index (χ4v) is 1.67. The molecule has 0 aliphatic heterocycles. The first kappa shape index (κ1) is 16.4. The van der Waals surface area contributed by atoms with E-state index in [2.05, 4.69) is 5.32 Å². The summed E-state index contributed by atoms with van der Waals surface area (Å²) < 4.78 is 5.13. The zero-order valence-electron chi connectivity index (χ0n) is 11.6. The smallest absolute Gasteiger partial charge is 0.320 e. The Kier molecular flexibility index (Phi) is 5.47. The van der Waals surface area contributed by atoms with E-state index in [0.29, 0.717) is 10.6 Å². The molecule has 0 amide bonds. The molecule has 0 unspecified atom stereocenters. The van der Waals surface area contributed by atoms with Crippen molar-refractivity contribution in [1.82, 2.24) is 5.32 Å². The van der Waals surface area contributed by atoms with Gasteiger partial charge in [-0.15, -0.1) is 0 Å². The molecule has 0 aliphatic carbocycles. The van der Waals surface area contributed by atoms with Crippen LogP contribution in [-0.4, -0.2) is 23.0 Å². The van der Waals surface area contributed by atoms with Crippen molar-refractivity contribution in [2.24, 2.45) is 0 Å². The van der Waals surface area contributed by atoms with Gasteiger partial charge in [-0.25, -0.2) is 0 Å². The van der Waals surface area contributed by atoms with E-state index in [1.165, 1.54) is 18.2 Å². The molecule has 110 valence electrons. The first-order valence-corrected chi connectivity index (χ1v) is 6.42. The third-order valence-corrected chi connectivity index (χ3v) is 2.61. The van der Waals surface area contributed by atoms with E-state index in [4.69, 9.17) is 16.3 Å². The minimum absolute atomic E-state index is 0.0102. The van der Waals surface area contributed by atoms with Crippen LogP contribution in [0.15, 0.2) is 18.2 Å². The van der Waals surface area contributed by atoms with Gasteiger partial charge in [0.05, 0.1) is 11.5 Å². The number of hydrogen-bond acceptors (Lipinski definition) is 5. The molecular formula is C13H17ClN2O4. The second-order valence-corrected chi connectivity index (χ2v) is 5.63. The first-order valence-electron chi connectivity index (χ1n) is 6.04. The first-order chi connectivity index (χ1) is 9.19. The fourth-order valence-electron chi connectivity index (χ4n) is 1.49. The van der Waals surface area contributed by atoms with E-state index in [9.17, 15) is 14.9 Å². The Bertz CT molecular complexity index is 512. The van der Waals surface area contributed by atoms with Crippen LogP contribution in [0.25, 0.3) is 0 Å². The lowest BCUT2D eigenvalue weighted by molar-refractivity contribution is -0.384. The van der Waals surface area contributed by atoms with Crippen molar-refractivity contribution in [1.29, 1.82) is 0 Å². The number of nitro benzene ring substituents is 1.